The van der Waals surface area contributed by atoms with Gasteiger partial charge in [-0.25, -0.2) is 0 Å². The minimum Gasteiger partial charge on any atom is -0.370 e. The highest BCUT2D eigenvalue weighted by atomic mass is 16.2. The van der Waals surface area contributed by atoms with Crippen molar-refractivity contribution in [1.82, 2.24) is 20.4 Å². The minimum atomic E-state index is -0.484. The van der Waals surface area contributed by atoms with Crippen LogP contribution in [0.15, 0.2) is 12.7 Å². The van der Waals surface area contributed by atoms with Crippen molar-refractivity contribution in [3.8, 4) is 0 Å². The first-order chi connectivity index (χ1) is 10.0. The molecule has 1 aromatic rings. The Hall–Kier alpha value is -2.64. The molecular weight excluding hydrogens is 274 g/mol. The van der Waals surface area contributed by atoms with Crippen LogP contribution in [0.4, 0.5) is 0 Å². The molecule has 0 bridgehead atoms. The third kappa shape index (κ3) is 3.28. The molecule has 0 radical (unpaired) electrons. The molecule has 0 aromatic carbocycles. The van der Waals surface area contributed by atoms with Gasteiger partial charge >= 0.3 is 0 Å². The first kappa shape index (κ1) is 14.8. The summed E-state index contributed by atoms with van der Waals surface area (Å²) in [6.07, 6.45) is 1.92. The zero-order valence-electron chi connectivity index (χ0n) is 11.5. The third-order valence-corrected chi connectivity index (χ3v) is 3.29. The molecule has 0 aliphatic carbocycles. The predicted molar refractivity (Wildman–Crippen MR) is 74.1 cm³/mol. The van der Waals surface area contributed by atoms with Crippen molar-refractivity contribution in [2.75, 3.05) is 13.1 Å². The Kier molecular flexibility index (Phi) is 4.36. The Balaban J connectivity index is 2.08. The maximum absolute atomic E-state index is 12.0. The molecule has 3 amide bonds. The van der Waals surface area contributed by atoms with E-state index in [9.17, 15) is 14.4 Å². The van der Waals surface area contributed by atoms with Gasteiger partial charge < -0.3 is 16.0 Å². The lowest BCUT2D eigenvalue weighted by atomic mass is 10.0. The number of aromatic amines is 1. The summed E-state index contributed by atoms with van der Waals surface area (Å²) in [4.78, 5) is 35.9. The highest BCUT2D eigenvalue weighted by Gasteiger charge is 2.26. The third-order valence-electron chi connectivity index (χ3n) is 3.29. The number of nitrogens with zero attached hydrogens (tertiary/aromatic N) is 2. The Labute approximate surface area is 121 Å². The van der Waals surface area contributed by atoms with Crippen LogP contribution in [-0.2, 0) is 22.6 Å². The molecule has 8 heteroatoms. The fourth-order valence-electron chi connectivity index (χ4n) is 2.18. The summed E-state index contributed by atoms with van der Waals surface area (Å²) in [5.74, 6) is -1.05. The second-order valence-electron chi connectivity index (χ2n) is 4.72. The van der Waals surface area contributed by atoms with E-state index in [1.165, 1.54) is 6.08 Å². The van der Waals surface area contributed by atoms with Gasteiger partial charge in [0.15, 0.2) is 5.69 Å². The van der Waals surface area contributed by atoms with Crippen LogP contribution < -0.4 is 11.1 Å². The van der Waals surface area contributed by atoms with E-state index in [1.807, 2.05) is 0 Å². The van der Waals surface area contributed by atoms with Crippen molar-refractivity contribution in [3.05, 3.63) is 29.6 Å². The van der Waals surface area contributed by atoms with Gasteiger partial charge in [0.25, 0.3) is 5.91 Å². The van der Waals surface area contributed by atoms with Gasteiger partial charge in [0.1, 0.15) is 0 Å². The lowest BCUT2D eigenvalue weighted by molar-refractivity contribution is -0.126. The quantitative estimate of drug-likeness (QED) is 0.608. The summed E-state index contributed by atoms with van der Waals surface area (Å²) in [6, 6.07) is 0. The molecule has 21 heavy (non-hydrogen) atoms. The van der Waals surface area contributed by atoms with Gasteiger partial charge in [-0.15, -0.1) is 0 Å². The van der Waals surface area contributed by atoms with Crippen molar-refractivity contribution in [3.63, 3.8) is 0 Å². The highest BCUT2D eigenvalue weighted by Crippen LogP contribution is 2.20. The van der Waals surface area contributed by atoms with E-state index >= 15 is 0 Å². The van der Waals surface area contributed by atoms with Crippen LogP contribution in [-0.4, -0.2) is 45.9 Å². The number of primary amides is 1. The lowest BCUT2D eigenvalue weighted by Crippen LogP contribution is -2.36. The summed E-state index contributed by atoms with van der Waals surface area (Å²) in [6.45, 7) is 4.49. The highest BCUT2D eigenvalue weighted by molar-refractivity contribution is 5.94. The zero-order chi connectivity index (χ0) is 15.4. The number of carbonyl (C=O) groups is 3. The van der Waals surface area contributed by atoms with Crippen LogP contribution in [0, 0.1) is 0 Å². The van der Waals surface area contributed by atoms with E-state index in [4.69, 9.17) is 5.73 Å². The number of fused-ring (bicyclic) bond motifs is 1. The van der Waals surface area contributed by atoms with Crippen LogP contribution in [0.25, 0.3) is 0 Å². The molecule has 0 saturated carbocycles. The first-order valence-corrected chi connectivity index (χ1v) is 6.57. The molecule has 0 atom stereocenters. The van der Waals surface area contributed by atoms with E-state index < -0.39 is 5.91 Å². The number of nitrogens with one attached hydrogen (secondary N) is 2. The predicted octanol–water partition coefficient (Wildman–Crippen LogP) is -0.914. The Morgan fingerprint density at radius 2 is 2.24 bits per heavy atom. The molecule has 8 nitrogen and oxygen atoms in total. The van der Waals surface area contributed by atoms with Gasteiger partial charge in [-0.1, -0.05) is 6.58 Å². The molecule has 2 heterocycles. The summed E-state index contributed by atoms with van der Waals surface area (Å²) in [5, 5.41) is 9.39. The van der Waals surface area contributed by atoms with Crippen LogP contribution >= 0.6 is 0 Å². The van der Waals surface area contributed by atoms with Crippen molar-refractivity contribution in [2.24, 2.45) is 5.73 Å². The average molecular weight is 291 g/mol. The second-order valence-corrected chi connectivity index (χ2v) is 4.72. The largest absolute Gasteiger partial charge is 0.370 e. The van der Waals surface area contributed by atoms with Crippen LogP contribution in [0.1, 0.15) is 28.2 Å². The Morgan fingerprint density at radius 3 is 2.90 bits per heavy atom. The van der Waals surface area contributed by atoms with Crippen LogP contribution in [0.3, 0.4) is 0 Å². The maximum atomic E-state index is 12.0. The molecule has 1 aromatic heterocycles. The monoisotopic (exact) mass is 291 g/mol. The number of hydrogen-bond acceptors (Lipinski definition) is 4. The SMILES string of the molecule is C=CC(=O)N1CCc2[nH]nc(C(=O)NCCC(N)=O)c2C1. The number of carbonyl (C=O) groups excluding carboxylic acids is 3. The number of hydrogen-bond donors (Lipinski definition) is 3. The van der Waals surface area contributed by atoms with Crippen molar-refractivity contribution < 1.29 is 14.4 Å². The van der Waals surface area contributed by atoms with Crippen LogP contribution in [0.2, 0.25) is 0 Å². The molecule has 0 saturated heterocycles. The second kappa shape index (κ2) is 6.21. The average Bonchev–Trinajstić information content (AvgIpc) is 2.88. The first-order valence-electron chi connectivity index (χ1n) is 6.57. The summed E-state index contributed by atoms with van der Waals surface area (Å²) < 4.78 is 0. The number of nitrogens with two attached hydrogens (primary N) is 1. The molecule has 0 unspecified atom stereocenters. The summed E-state index contributed by atoms with van der Waals surface area (Å²) in [5.41, 5.74) is 6.81. The molecule has 2 rings (SSSR count). The molecular formula is C13H17N5O3. The van der Waals surface area contributed by atoms with Crippen molar-refractivity contribution in [2.45, 2.75) is 19.4 Å². The Morgan fingerprint density at radius 1 is 1.48 bits per heavy atom. The molecule has 1 aliphatic rings. The van der Waals surface area contributed by atoms with E-state index in [0.29, 0.717) is 25.1 Å². The van der Waals surface area contributed by atoms with E-state index in [2.05, 4.69) is 22.1 Å². The summed E-state index contributed by atoms with van der Waals surface area (Å²) >= 11 is 0. The van der Waals surface area contributed by atoms with Gasteiger partial charge in [0, 0.05) is 37.2 Å². The normalized spacial score (nSPS) is 13.4. The molecule has 1 aliphatic heterocycles. The van der Waals surface area contributed by atoms with E-state index in [1.54, 1.807) is 4.90 Å². The molecule has 0 fully saturated rings. The van der Waals surface area contributed by atoms with Gasteiger partial charge in [-0.3, -0.25) is 19.5 Å². The van der Waals surface area contributed by atoms with Gasteiger partial charge in [-0.2, -0.15) is 5.10 Å². The number of aromatic nitrogens is 2. The smallest absolute Gasteiger partial charge is 0.272 e. The number of rotatable bonds is 5. The molecule has 4 N–H and O–H groups in total. The van der Waals surface area contributed by atoms with Gasteiger partial charge in [-0.05, 0) is 6.08 Å². The van der Waals surface area contributed by atoms with E-state index in [0.717, 1.165) is 5.69 Å². The fourth-order valence-corrected chi connectivity index (χ4v) is 2.18. The van der Waals surface area contributed by atoms with Crippen molar-refractivity contribution in [1.29, 1.82) is 0 Å². The van der Waals surface area contributed by atoms with Crippen molar-refractivity contribution >= 4 is 17.7 Å². The fraction of sp³-hybridized carbons (Fsp3) is 0.385. The lowest BCUT2D eigenvalue weighted by Gasteiger charge is -2.25. The minimum absolute atomic E-state index is 0.0689. The van der Waals surface area contributed by atoms with Gasteiger partial charge in [0.05, 0.1) is 6.54 Å². The Bertz CT molecular complexity index is 593. The summed E-state index contributed by atoms with van der Waals surface area (Å²) in [7, 11) is 0. The standard InChI is InChI=1S/C13H17N5O3/c1-2-11(20)18-6-4-9-8(7-18)12(17-16-9)13(21)15-5-3-10(14)19/h2H,1,3-7H2,(H2,14,19)(H,15,21)(H,16,17). The maximum Gasteiger partial charge on any atom is 0.272 e. The molecule has 112 valence electrons. The topological polar surface area (TPSA) is 121 Å². The molecule has 0 spiro atoms. The van der Waals surface area contributed by atoms with Crippen LogP contribution in [0.5, 0.6) is 0 Å². The number of amides is 3. The van der Waals surface area contributed by atoms with Gasteiger partial charge in [0.2, 0.25) is 11.8 Å². The zero-order valence-corrected chi connectivity index (χ0v) is 11.5. The number of H-pyrrole nitrogens is 1. The van der Waals surface area contributed by atoms with E-state index in [-0.39, 0.29) is 30.5 Å².